The van der Waals surface area contributed by atoms with Crippen LogP contribution in [0.2, 0.25) is 0 Å². The molecule has 1 heterocycles. The lowest BCUT2D eigenvalue weighted by molar-refractivity contribution is -0.150. The van der Waals surface area contributed by atoms with Crippen molar-refractivity contribution in [3.8, 4) is 0 Å². The van der Waals surface area contributed by atoms with Crippen LogP contribution < -0.4 is 5.32 Å². The molecule has 1 saturated carbocycles. The minimum Gasteiger partial charge on any atom is -0.479 e. The van der Waals surface area contributed by atoms with Crippen LogP contribution in [0.4, 0.5) is 5.69 Å². The minimum atomic E-state index is -1.02. The van der Waals surface area contributed by atoms with Gasteiger partial charge in [-0.25, -0.2) is 4.79 Å². The number of amides is 1. The number of carbonyl (C=O) groups excluding carboxylic acids is 1. The smallest absolute Gasteiger partial charge is 0.332 e. The second-order valence-corrected chi connectivity index (χ2v) is 6.43. The SMILES string of the molecule is O=C(Nc1ccc(COC2CCCC2)cc1)[C@@H]1CC[C@H](C(=O)O)O1. The number of hydrogen-bond acceptors (Lipinski definition) is 4. The average Bonchev–Trinajstić information content (AvgIpc) is 3.26. The zero-order valence-corrected chi connectivity index (χ0v) is 13.6. The highest BCUT2D eigenvalue weighted by atomic mass is 16.5. The van der Waals surface area contributed by atoms with Crippen molar-refractivity contribution in [3.63, 3.8) is 0 Å². The lowest BCUT2D eigenvalue weighted by Gasteiger charge is -2.13. The molecule has 0 aromatic heterocycles. The van der Waals surface area contributed by atoms with Gasteiger partial charge in [0.1, 0.15) is 6.10 Å². The fourth-order valence-corrected chi connectivity index (χ4v) is 3.19. The van der Waals surface area contributed by atoms with Gasteiger partial charge < -0.3 is 19.9 Å². The van der Waals surface area contributed by atoms with Gasteiger partial charge in [-0.05, 0) is 43.4 Å². The van der Waals surface area contributed by atoms with Crippen molar-refractivity contribution in [1.29, 1.82) is 0 Å². The molecule has 2 atom stereocenters. The van der Waals surface area contributed by atoms with Gasteiger partial charge in [-0.15, -0.1) is 0 Å². The zero-order chi connectivity index (χ0) is 16.9. The summed E-state index contributed by atoms with van der Waals surface area (Å²) in [4.78, 5) is 23.0. The minimum absolute atomic E-state index is 0.297. The van der Waals surface area contributed by atoms with Crippen molar-refractivity contribution in [3.05, 3.63) is 29.8 Å². The highest BCUT2D eigenvalue weighted by Crippen LogP contribution is 2.23. The van der Waals surface area contributed by atoms with Gasteiger partial charge in [0.2, 0.25) is 0 Å². The maximum atomic E-state index is 12.1. The third kappa shape index (κ3) is 4.33. The second-order valence-electron chi connectivity index (χ2n) is 6.43. The standard InChI is InChI=1S/C18H23NO5/c20-17(15-9-10-16(24-15)18(21)22)19-13-7-5-12(6-8-13)11-23-14-3-1-2-4-14/h5-8,14-16H,1-4,9-11H2,(H,19,20)(H,21,22)/t15-,16+/m0/s1. The first-order valence-electron chi connectivity index (χ1n) is 8.51. The molecule has 6 nitrogen and oxygen atoms in total. The predicted octanol–water partition coefficient (Wildman–Crippen LogP) is 2.72. The molecule has 0 spiro atoms. The van der Waals surface area contributed by atoms with Crippen LogP contribution in [0.25, 0.3) is 0 Å². The van der Waals surface area contributed by atoms with Crippen LogP contribution >= 0.6 is 0 Å². The Labute approximate surface area is 141 Å². The van der Waals surface area contributed by atoms with Crippen molar-refractivity contribution in [2.45, 2.75) is 63.4 Å². The second kappa shape index (κ2) is 7.77. The number of benzene rings is 1. The van der Waals surface area contributed by atoms with Crippen molar-refractivity contribution in [2.24, 2.45) is 0 Å². The molecule has 0 unspecified atom stereocenters. The number of hydrogen-bond donors (Lipinski definition) is 2. The highest BCUT2D eigenvalue weighted by molar-refractivity contribution is 5.94. The summed E-state index contributed by atoms with van der Waals surface area (Å²) in [6.07, 6.45) is 4.39. The molecule has 1 aromatic carbocycles. The van der Waals surface area contributed by atoms with E-state index in [4.69, 9.17) is 14.6 Å². The summed E-state index contributed by atoms with van der Waals surface area (Å²) in [5.74, 6) is -1.31. The van der Waals surface area contributed by atoms with E-state index in [9.17, 15) is 9.59 Å². The maximum absolute atomic E-state index is 12.1. The van der Waals surface area contributed by atoms with Crippen molar-refractivity contribution in [1.82, 2.24) is 0 Å². The summed E-state index contributed by atoms with van der Waals surface area (Å²) in [6, 6.07) is 7.52. The number of carboxylic acid groups (broad SMARTS) is 1. The summed E-state index contributed by atoms with van der Waals surface area (Å²) in [5.41, 5.74) is 1.75. The van der Waals surface area contributed by atoms with Crippen molar-refractivity contribution < 1.29 is 24.2 Å². The van der Waals surface area contributed by atoms with E-state index in [-0.39, 0.29) is 5.91 Å². The monoisotopic (exact) mass is 333 g/mol. The largest absolute Gasteiger partial charge is 0.479 e. The molecule has 1 aromatic rings. The van der Waals surface area contributed by atoms with E-state index >= 15 is 0 Å². The molecule has 130 valence electrons. The fourth-order valence-electron chi connectivity index (χ4n) is 3.19. The predicted molar refractivity (Wildman–Crippen MR) is 87.6 cm³/mol. The van der Waals surface area contributed by atoms with Gasteiger partial charge in [-0.3, -0.25) is 4.79 Å². The van der Waals surface area contributed by atoms with E-state index in [0.717, 1.165) is 18.4 Å². The molecule has 0 bridgehead atoms. The molecule has 6 heteroatoms. The maximum Gasteiger partial charge on any atom is 0.332 e. The van der Waals surface area contributed by atoms with E-state index in [1.165, 1.54) is 12.8 Å². The normalized spacial score (nSPS) is 24.2. The van der Waals surface area contributed by atoms with Crippen molar-refractivity contribution in [2.75, 3.05) is 5.32 Å². The number of ether oxygens (including phenoxy) is 2. The Morgan fingerprint density at radius 1 is 1.08 bits per heavy atom. The summed E-state index contributed by atoms with van der Waals surface area (Å²) in [7, 11) is 0. The van der Waals surface area contributed by atoms with E-state index < -0.39 is 18.2 Å². The molecule has 0 radical (unpaired) electrons. The highest BCUT2D eigenvalue weighted by Gasteiger charge is 2.34. The van der Waals surface area contributed by atoms with E-state index in [0.29, 0.717) is 31.2 Å². The molecule has 24 heavy (non-hydrogen) atoms. The molecule has 1 aliphatic heterocycles. The van der Waals surface area contributed by atoms with E-state index in [1.807, 2.05) is 24.3 Å². The van der Waals surface area contributed by atoms with Crippen LogP contribution in [0.3, 0.4) is 0 Å². The van der Waals surface area contributed by atoms with Crippen LogP contribution in [0.5, 0.6) is 0 Å². The first-order chi connectivity index (χ1) is 11.6. The Balaban J connectivity index is 1.47. The van der Waals surface area contributed by atoms with Gasteiger partial charge in [0.05, 0.1) is 12.7 Å². The molecular weight excluding hydrogens is 310 g/mol. The van der Waals surface area contributed by atoms with Crippen molar-refractivity contribution >= 4 is 17.6 Å². The van der Waals surface area contributed by atoms with Crippen LogP contribution in [0.1, 0.15) is 44.1 Å². The number of carboxylic acids is 1. The molecule has 3 rings (SSSR count). The summed E-state index contributed by atoms with van der Waals surface area (Å²) in [5, 5.41) is 11.7. The Hall–Kier alpha value is -1.92. The van der Waals surface area contributed by atoms with Crippen LogP contribution in [-0.4, -0.2) is 35.3 Å². The van der Waals surface area contributed by atoms with E-state index in [1.54, 1.807) is 0 Å². The summed E-state index contributed by atoms with van der Waals surface area (Å²) < 4.78 is 11.1. The Bertz CT molecular complexity index is 580. The first-order valence-corrected chi connectivity index (χ1v) is 8.51. The van der Waals surface area contributed by atoms with Gasteiger partial charge in [0.15, 0.2) is 6.10 Å². The molecule has 2 aliphatic rings. The molecule has 1 saturated heterocycles. The topological polar surface area (TPSA) is 84.9 Å². The zero-order valence-electron chi connectivity index (χ0n) is 13.6. The Kier molecular flexibility index (Phi) is 5.48. The lowest BCUT2D eigenvalue weighted by atomic mass is 10.1. The quantitative estimate of drug-likeness (QED) is 0.836. The van der Waals surface area contributed by atoms with Gasteiger partial charge in [0, 0.05) is 5.69 Å². The van der Waals surface area contributed by atoms with Crippen LogP contribution in [-0.2, 0) is 25.7 Å². The van der Waals surface area contributed by atoms with Gasteiger partial charge in [-0.2, -0.15) is 0 Å². The van der Waals surface area contributed by atoms with Crippen LogP contribution in [0.15, 0.2) is 24.3 Å². The average molecular weight is 333 g/mol. The van der Waals surface area contributed by atoms with Crippen LogP contribution in [0, 0.1) is 0 Å². The fraction of sp³-hybridized carbons (Fsp3) is 0.556. The Morgan fingerprint density at radius 3 is 2.38 bits per heavy atom. The molecule has 1 aliphatic carbocycles. The first kappa shape index (κ1) is 16.9. The summed E-state index contributed by atoms with van der Waals surface area (Å²) >= 11 is 0. The Morgan fingerprint density at radius 2 is 1.75 bits per heavy atom. The van der Waals surface area contributed by atoms with Gasteiger partial charge in [0.25, 0.3) is 5.91 Å². The molecule has 2 N–H and O–H groups in total. The molecular formula is C18H23NO5. The molecule has 1 amide bonds. The van der Waals surface area contributed by atoms with Gasteiger partial charge in [-0.1, -0.05) is 25.0 Å². The third-order valence-corrected chi connectivity index (χ3v) is 4.60. The number of nitrogens with one attached hydrogen (secondary N) is 1. The number of anilines is 1. The molecule has 2 fully saturated rings. The van der Waals surface area contributed by atoms with Gasteiger partial charge >= 0.3 is 5.97 Å². The van der Waals surface area contributed by atoms with E-state index in [2.05, 4.69) is 5.32 Å². The number of aliphatic carboxylic acids is 1. The third-order valence-electron chi connectivity index (χ3n) is 4.60. The number of rotatable bonds is 6. The summed E-state index contributed by atoms with van der Waals surface area (Å²) in [6.45, 7) is 0.588. The lowest BCUT2D eigenvalue weighted by Crippen LogP contribution is -2.29. The number of carbonyl (C=O) groups is 2.